The molecule has 2 aliphatic rings. The predicted molar refractivity (Wildman–Crippen MR) is 145 cm³/mol. The van der Waals surface area contributed by atoms with E-state index in [4.69, 9.17) is 0 Å². The van der Waals surface area contributed by atoms with Gasteiger partial charge in [-0.25, -0.2) is 12.7 Å². The Labute approximate surface area is 219 Å². The highest BCUT2D eigenvalue weighted by molar-refractivity contribution is 7.92. The Bertz CT molecular complexity index is 1460. The molecule has 2 heterocycles. The minimum Gasteiger partial charge on any atom is -0.349 e. The quantitative estimate of drug-likeness (QED) is 0.413. The number of nitrogens with zero attached hydrogens (tertiary/aromatic N) is 2. The Morgan fingerprint density at radius 1 is 0.865 bits per heavy atom. The van der Waals surface area contributed by atoms with Crippen LogP contribution in [0.4, 0.5) is 11.4 Å². The third-order valence-electron chi connectivity index (χ3n) is 7.70. The summed E-state index contributed by atoms with van der Waals surface area (Å²) in [6.07, 6.45) is 1.15. The number of fused-ring (bicyclic) bond motifs is 4. The summed E-state index contributed by atoms with van der Waals surface area (Å²) in [4.78, 5) is 26.7. The average molecular weight is 517 g/mol. The fourth-order valence-electron chi connectivity index (χ4n) is 5.96. The molecule has 2 aliphatic heterocycles. The molecule has 37 heavy (non-hydrogen) atoms. The van der Waals surface area contributed by atoms with Crippen molar-refractivity contribution in [3.05, 3.63) is 89.5 Å². The molecule has 0 amide bonds. The molecule has 3 aromatic rings. The van der Waals surface area contributed by atoms with Gasteiger partial charge in [0.2, 0.25) is 0 Å². The van der Waals surface area contributed by atoms with Crippen molar-refractivity contribution in [3.8, 4) is 0 Å². The zero-order valence-electron chi connectivity index (χ0n) is 21.5. The summed E-state index contributed by atoms with van der Waals surface area (Å²) in [6, 6.07) is 22.5. The Morgan fingerprint density at radius 2 is 1.49 bits per heavy atom. The lowest BCUT2D eigenvalue weighted by atomic mass is 9.69. The van der Waals surface area contributed by atoms with Crippen LogP contribution in [-0.2, 0) is 31.4 Å². The van der Waals surface area contributed by atoms with Crippen molar-refractivity contribution in [1.29, 1.82) is 0 Å². The van der Waals surface area contributed by atoms with Gasteiger partial charge in [-0.05, 0) is 69.0 Å². The number of aryl methyl sites for hydroxylation is 1. The Morgan fingerprint density at radius 3 is 2.16 bits per heavy atom. The molecule has 0 spiro atoms. The number of carbonyl (C=O) groups excluding carboxylic acids is 2. The largest absolute Gasteiger partial charge is 0.349 e. The van der Waals surface area contributed by atoms with Gasteiger partial charge in [-0.15, -0.1) is 0 Å². The number of hydrogen-bond acceptors (Lipinski definition) is 5. The van der Waals surface area contributed by atoms with Crippen LogP contribution in [0.5, 0.6) is 0 Å². The van der Waals surface area contributed by atoms with Crippen LogP contribution in [0, 0.1) is 6.92 Å². The van der Waals surface area contributed by atoms with E-state index >= 15 is 0 Å². The first-order chi connectivity index (χ1) is 17.6. The molecule has 0 aliphatic carbocycles. The van der Waals surface area contributed by atoms with E-state index < -0.39 is 21.6 Å². The minimum absolute atomic E-state index is 0.0443. The average Bonchev–Trinajstić information content (AvgIpc) is 3.14. The Balaban J connectivity index is 1.79. The van der Waals surface area contributed by atoms with Gasteiger partial charge in [-0.2, -0.15) is 0 Å². The van der Waals surface area contributed by atoms with Crippen molar-refractivity contribution >= 4 is 33.0 Å². The maximum Gasteiger partial charge on any atom is 0.266 e. The third kappa shape index (κ3) is 4.25. The van der Waals surface area contributed by atoms with Gasteiger partial charge in [0, 0.05) is 30.5 Å². The first kappa shape index (κ1) is 25.2. The molecule has 192 valence electrons. The molecular weight excluding hydrogens is 484 g/mol. The maximum absolute atomic E-state index is 14.5. The molecule has 0 N–H and O–H groups in total. The number of anilines is 2. The van der Waals surface area contributed by atoms with E-state index in [-0.39, 0.29) is 16.5 Å². The Hall–Kier alpha value is -3.45. The topological polar surface area (TPSA) is 74.8 Å². The van der Waals surface area contributed by atoms with Crippen molar-refractivity contribution < 1.29 is 18.0 Å². The van der Waals surface area contributed by atoms with Crippen LogP contribution in [0.25, 0.3) is 0 Å². The van der Waals surface area contributed by atoms with Gasteiger partial charge in [-0.3, -0.25) is 4.79 Å². The molecule has 0 unspecified atom stereocenters. The molecule has 7 heteroatoms. The molecule has 2 atom stereocenters. The molecule has 0 radical (unpaired) electrons. The second-order valence-electron chi connectivity index (χ2n) is 10.3. The molecule has 0 saturated carbocycles. The van der Waals surface area contributed by atoms with Crippen LogP contribution in [0.2, 0.25) is 0 Å². The van der Waals surface area contributed by atoms with E-state index in [1.807, 2.05) is 61.5 Å². The summed E-state index contributed by atoms with van der Waals surface area (Å²) in [6.45, 7) is 5.46. The van der Waals surface area contributed by atoms with Crippen LogP contribution in [0.3, 0.4) is 0 Å². The van der Waals surface area contributed by atoms with Crippen LogP contribution >= 0.6 is 0 Å². The molecule has 0 bridgehead atoms. The number of Topliss-reactive ketones (excluding diaryl/α,β-unsaturated/α-hetero) is 2. The molecule has 3 aromatic carbocycles. The van der Waals surface area contributed by atoms with E-state index in [2.05, 4.69) is 11.0 Å². The summed E-state index contributed by atoms with van der Waals surface area (Å²) < 4.78 is 30.5. The van der Waals surface area contributed by atoms with Gasteiger partial charge >= 0.3 is 0 Å². The van der Waals surface area contributed by atoms with E-state index in [9.17, 15) is 18.0 Å². The van der Waals surface area contributed by atoms with E-state index in [1.54, 1.807) is 30.3 Å². The molecule has 5 rings (SSSR count). The minimum atomic E-state index is -3.99. The van der Waals surface area contributed by atoms with Gasteiger partial charge in [0.1, 0.15) is 17.7 Å². The standard InChI is InChI=1S/C30H32N2O4S/c1-21-12-14-25(15-13-21)37(35,36)32-27-10-6-4-8-24(27)20-30(18-16-22(2)33)26-9-5-7-11-28(26)31(29(30)32)19-17-23(3)34/h4-15,29H,16-20H2,1-3H3/t29-,30-/m1/s1. The lowest BCUT2D eigenvalue weighted by molar-refractivity contribution is -0.117. The third-order valence-corrected chi connectivity index (χ3v) is 9.48. The van der Waals surface area contributed by atoms with Gasteiger partial charge in [0.25, 0.3) is 10.0 Å². The number of benzene rings is 3. The zero-order chi connectivity index (χ0) is 26.4. The van der Waals surface area contributed by atoms with Crippen molar-refractivity contribution in [1.82, 2.24) is 0 Å². The second kappa shape index (κ2) is 9.45. The highest BCUT2D eigenvalue weighted by atomic mass is 32.2. The Kier molecular flexibility index (Phi) is 6.44. The van der Waals surface area contributed by atoms with Crippen LogP contribution in [0.1, 0.15) is 49.8 Å². The molecule has 0 fully saturated rings. The van der Waals surface area contributed by atoms with Crippen LogP contribution < -0.4 is 9.21 Å². The lowest BCUT2D eigenvalue weighted by Crippen LogP contribution is -2.61. The zero-order valence-corrected chi connectivity index (χ0v) is 22.3. The van der Waals surface area contributed by atoms with Crippen molar-refractivity contribution in [2.75, 3.05) is 15.7 Å². The van der Waals surface area contributed by atoms with Gasteiger partial charge in [0.05, 0.1) is 10.6 Å². The van der Waals surface area contributed by atoms with Gasteiger partial charge in [0.15, 0.2) is 0 Å². The normalized spacial score (nSPS) is 20.2. The number of rotatable bonds is 8. The molecule has 0 aromatic heterocycles. The monoisotopic (exact) mass is 516 g/mol. The molecular formula is C30H32N2O4S. The summed E-state index contributed by atoms with van der Waals surface area (Å²) >= 11 is 0. The first-order valence-electron chi connectivity index (χ1n) is 12.7. The maximum atomic E-state index is 14.5. The number of sulfonamides is 1. The van der Waals surface area contributed by atoms with E-state index in [0.29, 0.717) is 37.9 Å². The molecule has 0 saturated heterocycles. The summed E-state index contributed by atoms with van der Waals surface area (Å²) in [5.41, 5.74) is 3.86. The summed E-state index contributed by atoms with van der Waals surface area (Å²) in [5.74, 6) is 0.113. The van der Waals surface area contributed by atoms with Gasteiger partial charge in [-0.1, -0.05) is 54.1 Å². The smallest absolute Gasteiger partial charge is 0.266 e. The number of hydrogen-bond donors (Lipinski definition) is 0. The van der Waals surface area contributed by atoms with Crippen molar-refractivity contribution in [3.63, 3.8) is 0 Å². The fourth-order valence-corrected chi connectivity index (χ4v) is 7.68. The first-order valence-corrected chi connectivity index (χ1v) is 14.1. The van der Waals surface area contributed by atoms with Crippen molar-refractivity contribution in [2.45, 2.75) is 62.9 Å². The number of carbonyl (C=O) groups is 2. The van der Waals surface area contributed by atoms with Crippen LogP contribution in [0.15, 0.2) is 77.7 Å². The van der Waals surface area contributed by atoms with Gasteiger partial charge < -0.3 is 9.69 Å². The second-order valence-corrected chi connectivity index (χ2v) is 12.1. The fraction of sp³-hybridized carbons (Fsp3) is 0.333. The number of para-hydroxylation sites is 2. The SMILES string of the molecule is CC(=O)CCN1c2ccccc2[C@@]2(CCC(C)=O)Cc3ccccc3N(S(=O)(=O)c3ccc(C)cc3)[C@@H]12. The highest BCUT2D eigenvalue weighted by Gasteiger charge is 2.58. The highest BCUT2D eigenvalue weighted by Crippen LogP contribution is 2.56. The van der Waals surface area contributed by atoms with Crippen LogP contribution in [-0.4, -0.2) is 32.7 Å². The van der Waals surface area contributed by atoms with Crippen molar-refractivity contribution in [2.24, 2.45) is 0 Å². The summed E-state index contributed by atoms with van der Waals surface area (Å²) in [7, 11) is -3.99. The lowest BCUT2D eigenvalue weighted by Gasteiger charge is -2.50. The van der Waals surface area contributed by atoms with E-state index in [0.717, 1.165) is 22.4 Å². The van der Waals surface area contributed by atoms with E-state index in [1.165, 1.54) is 0 Å². The predicted octanol–water partition coefficient (Wildman–Crippen LogP) is 5.18. The molecule has 6 nitrogen and oxygen atoms in total. The summed E-state index contributed by atoms with van der Waals surface area (Å²) in [5, 5.41) is 0. The number of ketones is 2.